The molecule has 0 saturated carbocycles. The number of aryl methyl sites for hydroxylation is 1. The van der Waals surface area contributed by atoms with Gasteiger partial charge in [0.05, 0.1) is 12.5 Å². The summed E-state index contributed by atoms with van der Waals surface area (Å²) in [6.45, 7) is 3.43. The van der Waals surface area contributed by atoms with Crippen molar-refractivity contribution in [2.45, 2.75) is 19.8 Å². The second-order valence-electron chi connectivity index (χ2n) is 5.97. The summed E-state index contributed by atoms with van der Waals surface area (Å²) in [7, 11) is 1.92. The number of esters is 1. The number of piperidine rings is 1. The molecule has 2 aromatic rings. The molecule has 0 aliphatic carbocycles. The van der Waals surface area contributed by atoms with Crippen LogP contribution in [0.4, 0.5) is 0 Å². The molecule has 1 saturated heterocycles. The van der Waals surface area contributed by atoms with Crippen LogP contribution in [0.1, 0.15) is 30.3 Å². The van der Waals surface area contributed by atoms with Crippen LogP contribution in [0.15, 0.2) is 30.3 Å². The molecule has 1 aliphatic heterocycles. The highest BCUT2D eigenvalue weighted by Gasteiger charge is 2.29. The van der Waals surface area contributed by atoms with Gasteiger partial charge in [-0.15, -0.1) is 0 Å². The van der Waals surface area contributed by atoms with Crippen molar-refractivity contribution in [3.05, 3.63) is 36.0 Å². The third kappa shape index (κ3) is 2.96. The quantitative estimate of drug-likeness (QED) is 0.818. The topological polar surface area (TPSA) is 51.5 Å². The predicted octanol–water partition coefficient (Wildman–Crippen LogP) is 2.59. The van der Waals surface area contributed by atoms with E-state index in [0.717, 1.165) is 10.9 Å². The van der Waals surface area contributed by atoms with Crippen LogP contribution in [0, 0.1) is 5.92 Å². The van der Waals surface area contributed by atoms with Gasteiger partial charge in [-0.2, -0.15) is 0 Å². The second kappa shape index (κ2) is 6.44. The number of carbonyl (C=O) groups excluding carboxylic acids is 2. The number of rotatable bonds is 3. The fraction of sp³-hybridized carbons (Fsp3) is 0.444. The zero-order valence-corrected chi connectivity index (χ0v) is 13.6. The maximum Gasteiger partial charge on any atom is 0.309 e. The Kier molecular flexibility index (Phi) is 4.37. The summed E-state index contributed by atoms with van der Waals surface area (Å²) >= 11 is 0. The maximum atomic E-state index is 12.8. The zero-order chi connectivity index (χ0) is 16.4. The lowest BCUT2D eigenvalue weighted by molar-refractivity contribution is -0.149. The number of fused-ring (bicyclic) bond motifs is 1. The molecule has 0 N–H and O–H groups in total. The van der Waals surface area contributed by atoms with Gasteiger partial charge in [0, 0.05) is 31.0 Å². The highest BCUT2D eigenvalue weighted by atomic mass is 16.5. The lowest BCUT2D eigenvalue weighted by Crippen LogP contribution is -2.41. The SMILES string of the molecule is CCOC(=O)C1CCN(C(=O)c2cc3ccccc3n2C)CC1. The fourth-order valence-electron chi connectivity index (χ4n) is 3.23. The van der Waals surface area contributed by atoms with Crippen LogP contribution < -0.4 is 0 Å². The molecule has 3 rings (SSSR count). The highest BCUT2D eigenvalue weighted by Crippen LogP contribution is 2.23. The van der Waals surface area contributed by atoms with Crippen LogP contribution in [-0.4, -0.2) is 41.0 Å². The van der Waals surface area contributed by atoms with Crippen LogP contribution in [0.3, 0.4) is 0 Å². The molecule has 23 heavy (non-hydrogen) atoms. The van der Waals surface area contributed by atoms with Crippen molar-refractivity contribution in [2.24, 2.45) is 13.0 Å². The standard InChI is InChI=1S/C18H22N2O3/c1-3-23-18(22)13-8-10-20(11-9-13)17(21)16-12-14-6-4-5-7-15(14)19(16)2/h4-7,12-13H,3,8-11H2,1-2H3. The highest BCUT2D eigenvalue weighted by molar-refractivity contribution is 5.98. The van der Waals surface area contributed by atoms with E-state index in [0.29, 0.717) is 38.2 Å². The molecule has 1 fully saturated rings. The Bertz CT molecular complexity index is 727. The molecule has 5 heteroatoms. The first-order valence-electron chi connectivity index (χ1n) is 8.12. The Balaban J connectivity index is 1.72. The van der Waals surface area contributed by atoms with Crippen molar-refractivity contribution < 1.29 is 14.3 Å². The molecule has 0 spiro atoms. The van der Waals surface area contributed by atoms with E-state index in [9.17, 15) is 9.59 Å². The number of likely N-dealkylation sites (tertiary alicyclic amines) is 1. The number of para-hydroxylation sites is 1. The van der Waals surface area contributed by atoms with Gasteiger partial charge in [-0.3, -0.25) is 9.59 Å². The Hall–Kier alpha value is -2.30. The number of aromatic nitrogens is 1. The first kappa shape index (κ1) is 15.6. The molecule has 2 heterocycles. The Morgan fingerprint density at radius 1 is 1.22 bits per heavy atom. The molecular weight excluding hydrogens is 292 g/mol. The van der Waals surface area contributed by atoms with E-state index < -0.39 is 0 Å². The first-order valence-corrected chi connectivity index (χ1v) is 8.12. The third-order valence-electron chi connectivity index (χ3n) is 4.57. The zero-order valence-electron chi connectivity index (χ0n) is 13.6. The number of ether oxygens (including phenoxy) is 1. The number of hydrogen-bond donors (Lipinski definition) is 0. The van der Waals surface area contributed by atoms with E-state index in [1.807, 2.05) is 53.8 Å². The summed E-state index contributed by atoms with van der Waals surface area (Å²) < 4.78 is 7.01. The largest absolute Gasteiger partial charge is 0.466 e. The van der Waals surface area contributed by atoms with Crippen LogP contribution in [0.5, 0.6) is 0 Å². The third-order valence-corrected chi connectivity index (χ3v) is 4.57. The molecule has 5 nitrogen and oxygen atoms in total. The van der Waals surface area contributed by atoms with Crippen molar-refractivity contribution in [3.63, 3.8) is 0 Å². The summed E-state index contributed by atoms with van der Waals surface area (Å²) in [6.07, 6.45) is 1.35. The Labute approximate surface area is 135 Å². The molecule has 0 bridgehead atoms. The van der Waals surface area contributed by atoms with Crippen molar-refractivity contribution in [3.8, 4) is 0 Å². The summed E-state index contributed by atoms with van der Waals surface area (Å²) in [4.78, 5) is 26.4. The van der Waals surface area contributed by atoms with E-state index in [4.69, 9.17) is 4.74 Å². The van der Waals surface area contributed by atoms with Crippen LogP contribution in [0.25, 0.3) is 10.9 Å². The smallest absolute Gasteiger partial charge is 0.309 e. The van der Waals surface area contributed by atoms with Gasteiger partial charge in [0.2, 0.25) is 0 Å². The average Bonchev–Trinajstić information content (AvgIpc) is 2.92. The molecule has 0 atom stereocenters. The summed E-state index contributed by atoms with van der Waals surface area (Å²) in [5.41, 5.74) is 1.75. The van der Waals surface area contributed by atoms with E-state index >= 15 is 0 Å². The van der Waals surface area contributed by atoms with E-state index in [1.54, 1.807) is 0 Å². The van der Waals surface area contributed by atoms with Gasteiger partial charge >= 0.3 is 5.97 Å². The number of nitrogens with zero attached hydrogens (tertiary/aromatic N) is 2. The number of hydrogen-bond acceptors (Lipinski definition) is 3. The summed E-state index contributed by atoms with van der Waals surface area (Å²) in [5.74, 6) is -0.179. The minimum absolute atomic E-state index is 0.0333. The molecule has 1 aliphatic rings. The maximum absolute atomic E-state index is 12.8. The van der Waals surface area contributed by atoms with Crippen molar-refractivity contribution >= 4 is 22.8 Å². The summed E-state index contributed by atoms with van der Waals surface area (Å²) in [6, 6.07) is 9.91. The minimum Gasteiger partial charge on any atom is -0.466 e. The Morgan fingerprint density at radius 3 is 2.57 bits per heavy atom. The van der Waals surface area contributed by atoms with Gasteiger partial charge in [-0.1, -0.05) is 18.2 Å². The van der Waals surface area contributed by atoms with Crippen LogP contribution in [0.2, 0.25) is 0 Å². The molecule has 122 valence electrons. The lowest BCUT2D eigenvalue weighted by atomic mass is 9.97. The van der Waals surface area contributed by atoms with Gasteiger partial charge in [0.1, 0.15) is 5.69 Å². The predicted molar refractivity (Wildman–Crippen MR) is 88.2 cm³/mol. The number of amides is 1. The molecular formula is C18H22N2O3. The Morgan fingerprint density at radius 2 is 1.91 bits per heavy atom. The van der Waals surface area contributed by atoms with Crippen LogP contribution in [-0.2, 0) is 16.6 Å². The normalized spacial score (nSPS) is 15.8. The minimum atomic E-state index is -0.135. The van der Waals surface area contributed by atoms with E-state index in [2.05, 4.69) is 0 Å². The molecule has 1 amide bonds. The molecule has 1 aromatic heterocycles. The molecule has 1 aromatic carbocycles. The monoisotopic (exact) mass is 314 g/mol. The molecule has 0 radical (unpaired) electrons. The van der Waals surface area contributed by atoms with Gasteiger partial charge < -0.3 is 14.2 Å². The fourth-order valence-corrected chi connectivity index (χ4v) is 3.23. The van der Waals surface area contributed by atoms with Gasteiger partial charge in [-0.05, 0) is 31.9 Å². The first-order chi connectivity index (χ1) is 11.1. The van der Waals surface area contributed by atoms with Crippen molar-refractivity contribution in [1.29, 1.82) is 0 Å². The van der Waals surface area contributed by atoms with Crippen molar-refractivity contribution in [2.75, 3.05) is 19.7 Å². The van der Waals surface area contributed by atoms with E-state index in [-0.39, 0.29) is 17.8 Å². The summed E-state index contributed by atoms with van der Waals surface area (Å²) in [5, 5.41) is 1.07. The van der Waals surface area contributed by atoms with Gasteiger partial charge in [0.25, 0.3) is 5.91 Å². The van der Waals surface area contributed by atoms with Crippen molar-refractivity contribution in [1.82, 2.24) is 9.47 Å². The number of benzene rings is 1. The second-order valence-corrected chi connectivity index (χ2v) is 5.97. The number of carbonyl (C=O) groups is 2. The lowest BCUT2D eigenvalue weighted by Gasteiger charge is -2.31. The van der Waals surface area contributed by atoms with Gasteiger partial charge in [0.15, 0.2) is 0 Å². The molecule has 0 unspecified atom stereocenters. The van der Waals surface area contributed by atoms with Crippen LogP contribution >= 0.6 is 0 Å². The van der Waals surface area contributed by atoms with Gasteiger partial charge in [-0.25, -0.2) is 0 Å². The van der Waals surface area contributed by atoms with E-state index in [1.165, 1.54) is 0 Å². The average molecular weight is 314 g/mol.